The van der Waals surface area contributed by atoms with Crippen LogP contribution in [-0.2, 0) is 15.9 Å². The average molecular weight is 339 g/mol. The Morgan fingerprint density at radius 1 is 1.00 bits per heavy atom. The minimum Gasteiger partial charge on any atom is -0.353 e. The molecule has 0 spiro atoms. The van der Waals surface area contributed by atoms with Gasteiger partial charge >= 0.3 is 0 Å². The fraction of sp³-hybridized carbons (Fsp3) is 0.714. The molecule has 0 saturated heterocycles. The van der Waals surface area contributed by atoms with Crippen LogP contribution in [0.1, 0.15) is 70.8 Å². The zero-order chi connectivity index (χ0) is 17.8. The van der Waals surface area contributed by atoms with Crippen molar-refractivity contribution in [2.75, 3.05) is 14.2 Å². The van der Waals surface area contributed by atoms with Crippen LogP contribution in [-0.4, -0.2) is 20.0 Å². The Morgan fingerprint density at radius 2 is 1.67 bits per heavy atom. The summed E-state index contributed by atoms with van der Waals surface area (Å²) in [5.74, 6) is -0.538. The number of halogens is 1. The van der Waals surface area contributed by atoms with E-state index in [-0.39, 0.29) is 11.7 Å². The molecule has 3 heteroatoms. The lowest BCUT2D eigenvalue weighted by molar-refractivity contribution is -0.243. The summed E-state index contributed by atoms with van der Waals surface area (Å²) in [5, 5.41) is 0. The quantitative estimate of drug-likeness (QED) is 0.318. The lowest BCUT2D eigenvalue weighted by Gasteiger charge is -2.38. The highest BCUT2D eigenvalue weighted by Crippen LogP contribution is 2.33. The summed E-state index contributed by atoms with van der Waals surface area (Å²) in [7, 11) is 3.43. The Hall–Kier alpha value is -0.930. The van der Waals surface area contributed by atoms with Gasteiger partial charge in [0.2, 0.25) is 0 Å². The van der Waals surface area contributed by atoms with Gasteiger partial charge in [-0.25, -0.2) is 4.39 Å². The molecule has 0 saturated carbocycles. The van der Waals surface area contributed by atoms with Gasteiger partial charge in [-0.3, -0.25) is 0 Å². The van der Waals surface area contributed by atoms with Crippen LogP contribution in [0.5, 0.6) is 0 Å². The van der Waals surface area contributed by atoms with Crippen LogP contribution >= 0.6 is 0 Å². The Balaban J connectivity index is 2.72. The molecule has 1 rings (SSSR count). The highest BCUT2D eigenvalue weighted by atomic mass is 19.1. The van der Waals surface area contributed by atoms with E-state index in [0.717, 1.165) is 31.2 Å². The number of methoxy groups -OCH3 is 2. The third-order valence-electron chi connectivity index (χ3n) is 5.08. The fourth-order valence-corrected chi connectivity index (χ4v) is 3.59. The largest absolute Gasteiger partial charge is 0.353 e. The van der Waals surface area contributed by atoms with Gasteiger partial charge < -0.3 is 9.47 Å². The highest BCUT2D eigenvalue weighted by Gasteiger charge is 2.37. The van der Waals surface area contributed by atoms with Crippen LogP contribution < -0.4 is 0 Å². The number of unbranched alkanes of at least 4 members (excludes halogenated alkanes) is 5. The second-order valence-electron chi connectivity index (χ2n) is 6.66. The summed E-state index contributed by atoms with van der Waals surface area (Å²) in [6, 6.07) is 6.88. The minimum absolute atomic E-state index is 0.178. The van der Waals surface area contributed by atoms with Crippen LogP contribution in [0.4, 0.5) is 4.39 Å². The van der Waals surface area contributed by atoms with Crippen molar-refractivity contribution in [3.05, 3.63) is 35.6 Å². The number of benzene rings is 1. The van der Waals surface area contributed by atoms with Crippen LogP contribution in [0.15, 0.2) is 24.3 Å². The monoisotopic (exact) mass is 338 g/mol. The SMILES string of the molecule is CCCCCCCCC(Cc1cccc(F)c1)C(CC)(OC)OC. The number of ether oxygens (including phenoxy) is 2. The van der Waals surface area contributed by atoms with E-state index in [1.165, 1.54) is 38.2 Å². The summed E-state index contributed by atoms with van der Waals surface area (Å²) < 4.78 is 25.1. The van der Waals surface area contributed by atoms with Gasteiger partial charge in [0.15, 0.2) is 5.79 Å². The Labute approximate surface area is 147 Å². The molecule has 0 aliphatic rings. The molecule has 0 radical (unpaired) electrons. The molecule has 138 valence electrons. The summed E-state index contributed by atoms with van der Waals surface area (Å²) >= 11 is 0. The van der Waals surface area contributed by atoms with E-state index in [4.69, 9.17) is 9.47 Å². The van der Waals surface area contributed by atoms with Gasteiger partial charge in [0, 0.05) is 20.1 Å². The lowest BCUT2D eigenvalue weighted by atomic mass is 9.84. The fourth-order valence-electron chi connectivity index (χ4n) is 3.59. The summed E-state index contributed by atoms with van der Waals surface area (Å²) in [5.41, 5.74) is 1.01. The van der Waals surface area contributed by atoms with Gasteiger partial charge in [-0.2, -0.15) is 0 Å². The molecule has 0 heterocycles. The Bertz CT molecular complexity index is 435. The normalized spacial score (nSPS) is 13.2. The molecule has 1 atom stereocenters. The molecule has 0 aromatic heterocycles. The molecule has 0 aliphatic carbocycles. The summed E-state index contributed by atoms with van der Waals surface area (Å²) in [6.45, 7) is 4.33. The van der Waals surface area contributed by atoms with Gasteiger partial charge in [-0.1, -0.05) is 64.5 Å². The van der Waals surface area contributed by atoms with Crippen molar-refractivity contribution >= 4 is 0 Å². The van der Waals surface area contributed by atoms with Crippen molar-refractivity contribution in [2.45, 2.75) is 77.4 Å². The van der Waals surface area contributed by atoms with E-state index in [1.807, 2.05) is 6.07 Å². The van der Waals surface area contributed by atoms with Crippen LogP contribution in [0.25, 0.3) is 0 Å². The number of hydrogen-bond donors (Lipinski definition) is 0. The summed E-state index contributed by atoms with van der Waals surface area (Å²) in [6.07, 6.45) is 10.2. The molecule has 0 bridgehead atoms. The topological polar surface area (TPSA) is 18.5 Å². The van der Waals surface area contributed by atoms with Crippen molar-refractivity contribution in [1.29, 1.82) is 0 Å². The van der Waals surface area contributed by atoms with Gasteiger partial charge in [-0.15, -0.1) is 0 Å². The first-order chi connectivity index (χ1) is 11.6. The maximum Gasteiger partial charge on any atom is 0.170 e. The molecule has 1 aromatic rings. The molecule has 1 unspecified atom stereocenters. The van der Waals surface area contributed by atoms with Crippen molar-refractivity contribution in [3.63, 3.8) is 0 Å². The molecule has 2 nitrogen and oxygen atoms in total. The van der Waals surface area contributed by atoms with Gasteiger partial charge in [0.25, 0.3) is 0 Å². The van der Waals surface area contributed by atoms with Gasteiger partial charge in [-0.05, 0) is 37.0 Å². The van der Waals surface area contributed by atoms with E-state index in [0.29, 0.717) is 0 Å². The van der Waals surface area contributed by atoms with E-state index >= 15 is 0 Å². The lowest BCUT2D eigenvalue weighted by Crippen LogP contribution is -2.42. The Morgan fingerprint density at radius 3 is 2.25 bits per heavy atom. The van der Waals surface area contributed by atoms with Crippen molar-refractivity contribution in [3.8, 4) is 0 Å². The van der Waals surface area contributed by atoms with Crippen LogP contribution in [0, 0.1) is 11.7 Å². The summed E-state index contributed by atoms with van der Waals surface area (Å²) in [4.78, 5) is 0. The second-order valence-corrected chi connectivity index (χ2v) is 6.66. The second kappa shape index (κ2) is 11.6. The highest BCUT2D eigenvalue weighted by molar-refractivity contribution is 5.17. The van der Waals surface area contributed by atoms with Crippen LogP contribution in [0.3, 0.4) is 0 Å². The first-order valence-electron chi connectivity index (χ1n) is 9.46. The molecule has 0 fully saturated rings. The smallest absolute Gasteiger partial charge is 0.170 e. The van der Waals surface area contributed by atoms with E-state index in [1.54, 1.807) is 26.4 Å². The molecular formula is C21H35FO2. The Kier molecular flexibility index (Phi) is 10.2. The van der Waals surface area contributed by atoms with Gasteiger partial charge in [0.05, 0.1) is 0 Å². The van der Waals surface area contributed by atoms with E-state index in [9.17, 15) is 4.39 Å². The number of rotatable bonds is 13. The van der Waals surface area contributed by atoms with E-state index < -0.39 is 5.79 Å². The van der Waals surface area contributed by atoms with Crippen molar-refractivity contribution in [1.82, 2.24) is 0 Å². The first-order valence-corrected chi connectivity index (χ1v) is 9.46. The predicted molar refractivity (Wildman–Crippen MR) is 98.6 cm³/mol. The van der Waals surface area contributed by atoms with Crippen molar-refractivity contribution < 1.29 is 13.9 Å². The van der Waals surface area contributed by atoms with E-state index in [2.05, 4.69) is 13.8 Å². The molecule has 0 aliphatic heterocycles. The number of hydrogen-bond acceptors (Lipinski definition) is 2. The minimum atomic E-state index is -0.588. The third-order valence-corrected chi connectivity index (χ3v) is 5.08. The van der Waals surface area contributed by atoms with Crippen molar-refractivity contribution in [2.24, 2.45) is 5.92 Å². The zero-order valence-corrected chi connectivity index (χ0v) is 15.9. The third kappa shape index (κ3) is 6.52. The maximum absolute atomic E-state index is 13.5. The zero-order valence-electron chi connectivity index (χ0n) is 15.9. The molecule has 1 aromatic carbocycles. The molecule has 0 N–H and O–H groups in total. The standard InChI is InChI=1S/C21H35FO2/c1-5-7-8-9-10-11-14-19(21(6-2,23-3)24-4)16-18-13-12-15-20(22)17-18/h12-13,15,17,19H,5-11,14,16H2,1-4H3. The van der Waals surface area contributed by atoms with Gasteiger partial charge in [0.1, 0.15) is 5.82 Å². The predicted octanol–water partition coefficient (Wildman–Crippen LogP) is 6.13. The molecule has 0 amide bonds. The first kappa shape index (κ1) is 21.1. The van der Waals surface area contributed by atoms with Crippen LogP contribution in [0.2, 0.25) is 0 Å². The maximum atomic E-state index is 13.5. The molecular weight excluding hydrogens is 303 g/mol. The molecule has 24 heavy (non-hydrogen) atoms. The average Bonchev–Trinajstić information content (AvgIpc) is 2.59.